The van der Waals surface area contributed by atoms with Crippen LogP contribution < -0.4 is 10.1 Å². The van der Waals surface area contributed by atoms with E-state index in [1.807, 2.05) is 6.07 Å². The molecule has 0 aromatic heterocycles. The number of ether oxygens (including phenoxy) is 1. The average molecular weight is 247 g/mol. The number of nitrogens with one attached hydrogen (secondary N) is 1. The van der Waals surface area contributed by atoms with E-state index in [9.17, 15) is 5.11 Å². The first kappa shape index (κ1) is 12.0. The molecule has 1 fully saturated rings. The van der Waals surface area contributed by atoms with Crippen LogP contribution in [0.3, 0.4) is 0 Å². The second-order valence-corrected chi connectivity index (χ2v) is 5.54. The first-order valence-corrected chi connectivity index (χ1v) is 6.83. The van der Waals surface area contributed by atoms with Gasteiger partial charge in [-0.2, -0.15) is 0 Å². The van der Waals surface area contributed by atoms with Gasteiger partial charge in [-0.15, -0.1) is 0 Å². The Morgan fingerprint density at radius 1 is 1.44 bits per heavy atom. The lowest BCUT2D eigenvalue weighted by Gasteiger charge is -2.39. The molecule has 1 atom stereocenters. The molecule has 3 rings (SSSR count). The highest BCUT2D eigenvalue weighted by Crippen LogP contribution is 2.39. The summed E-state index contributed by atoms with van der Waals surface area (Å²) in [5.74, 6) is 0.881. The SMILES string of the molecule is COc1ccc2c(c1)C(CO)(NC1CC1)CCC2. The van der Waals surface area contributed by atoms with E-state index in [-0.39, 0.29) is 12.1 Å². The van der Waals surface area contributed by atoms with Crippen molar-refractivity contribution < 1.29 is 9.84 Å². The zero-order valence-electron chi connectivity index (χ0n) is 10.9. The fourth-order valence-electron chi connectivity index (χ4n) is 3.04. The van der Waals surface area contributed by atoms with Crippen molar-refractivity contribution in [2.75, 3.05) is 13.7 Å². The highest BCUT2D eigenvalue weighted by atomic mass is 16.5. The average Bonchev–Trinajstić information content (AvgIpc) is 3.22. The predicted molar refractivity (Wildman–Crippen MR) is 70.9 cm³/mol. The zero-order chi connectivity index (χ0) is 12.6. The molecule has 2 aliphatic carbocycles. The summed E-state index contributed by atoms with van der Waals surface area (Å²) < 4.78 is 5.33. The van der Waals surface area contributed by atoms with Crippen molar-refractivity contribution in [1.82, 2.24) is 5.32 Å². The number of aliphatic hydroxyl groups excluding tert-OH is 1. The Hall–Kier alpha value is -1.06. The van der Waals surface area contributed by atoms with Crippen LogP contribution in [0.1, 0.15) is 36.8 Å². The van der Waals surface area contributed by atoms with Crippen molar-refractivity contribution in [3.63, 3.8) is 0 Å². The molecule has 0 aliphatic heterocycles. The molecule has 0 heterocycles. The summed E-state index contributed by atoms with van der Waals surface area (Å²) in [7, 11) is 1.69. The lowest BCUT2D eigenvalue weighted by molar-refractivity contribution is 0.139. The highest BCUT2D eigenvalue weighted by Gasteiger charge is 2.40. The monoisotopic (exact) mass is 247 g/mol. The maximum Gasteiger partial charge on any atom is 0.119 e. The first-order chi connectivity index (χ1) is 8.77. The molecule has 2 aliphatic rings. The van der Waals surface area contributed by atoms with Crippen LogP contribution in [0, 0.1) is 0 Å². The van der Waals surface area contributed by atoms with Gasteiger partial charge < -0.3 is 15.2 Å². The normalized spacial score (nSPS) is 26.8. The van der Waals surface area contributed by atoms with Gasteiger partial charge in [0.15, 0.2) is 0 Å². The number of rotatable bonds is 4. The number of fused-ring (bicyclic) bond motifs is 1. The lowest BCUT2D eigenvalue weighted by Crippen LogP contribution is -2.49. The third-order valence-corrected chi connectivity index (χ3v) is 4.21. The molecule has 0 radical (unpaired) electrons. The Morgan fingerprint density at radius 3 is 2.94 bits per heavy atom. The molecular weight excluding hydrogens is 226 g/mol. The van der Waals surface area contributed by atoms with E-state index >= 15 is 0 Å². The van der Waals surface area contributed by atoms with E-state index in [4.69, 9.17) is 4.74 Å². The van der Waals surface area contributed by atoms with Crippen LogP contribution in [0.5, 0.6) is 5.75 Å². The van der Waals surface area contributed by atoms with E-state index in [1.54, 1.807) is 7.11 Å². The van der Waals surface area contributed by atoms with Crippen LogP contribution in [-0.4, -0.2) is 24.9 Å². The summed E-state index contributed by atoms with van der Waals surface area (Å²) in [5, 5.41) is 13.6. The molecule has 0 amide bonds. The summed E-state index contributed by atoms with van der Waals surface area (Å²) in [5.41, 5.74) is 2.34. The number of benzene rings is 1. The molecule has 3 heteroatoms. The van der Waals surface area contributed by atoms with Crippen molar-refractivity contribution >= 4 is 0 Å². The van der Waals surface area contributed by atoms with Gasteiger partial charge in [0.25, 0.3) is 0 Å². The summed E-state index contributed by atoms with van der Waals surface area (Å²) >= 11 is 0. The minimum Gasteiger partial charge on any atom is -0.497 e. The van der Waals surface area contributed by atoms with Gasteiger partial charge in [0.1, 0.15) is 5.75 Å². The van der Waals surface area contributed by atoms with E-state index < -0.39 is 0 Å². The summed E-state index contributed by atoms with van der Waals surface area (Å²) in [6, 6.07) is 6.85. The van der Waals surface area contributed by atoms with Gasteiger partial charge in [0, 0.05) is 6.04 Å². The lowest BCUT2D eigenvalue weighted by atomic mass is 9.76. The van der Waals surface area contributed by atoms with Crippen LogP contribution in [-0.2, 0) is 12.0 Å². The standard InChI is InChI=1S/C15H21NO2/c1-18-13-7-4-11-3-2-8-15(10-17,14(11)9-13)16-12-5-6-12/h4,7,9,12,16-17H,2-3,5-6,8,10H2,1H3. The van der Waals surface area contributed by atoms with E-state index in [0.717, 1.165) is 25.0 Å². The molecule has 1 aromatic carbocycles. The van der Waals surface area contributed by atoms with Gasteiger partial charge in [-0.25, -0.2) is 0 Å². The van der Waals surface area contributed by atoms with E-state index in [0.29, 0.717) is 6.04 Å². The molecule has 2 N–H and O–H groups in total. The maximum atomic E-state index is 9.93. The van der Waals surface area contributed by atoms with Crippen molar-refractivity contribution in [2.24, 2.45) is 0 Å². The van der Waals surface area contributed by atoms with Crippen molar-refractivity contribution in [3.8, 4) is 5.75 Å². The molecule has 0 bridgehead atoms. The van der Waals surface area contributed by atoms with E-state index in [2.05, 4.69) is 17.4 Å². The molecule has 98 valence electrons. The second-order valence-electron chi connectivity index (χ2n) is 5.54. The molecule has 3 nitrogen and oxygen atoms in total. The number of hydrogen-bond acceptors (Lipinski definition) is 3. The highest BCUT2D eigenvalue weighted by molar-refractivity contribution is 5.42. The molecule has 0 spiro atoms. The second kappa shape index (κ2) is 4.56. The molecule has 1 unspecified atom stereocenters. The maximum absolute atomic E-state index is 9.93. The van der Waals surface area contributed by atoms with Gasteiger partial charge in [-0.3, -0.25) is 0 Å². The molecular formula is C15H21NO2. The van der Waals surface area contributed by atoms with Crippen LogP contribution in [0.4, 0.5) is 0 Å². The van der Waals surface area contributed by atoms with Crippen molar-refractivity contribution in [1.29, 1.82) is 0 Å². The minimum atomic E-state index is -0.247. The summed E-state index contributed by atoms with van der Waals surface area (Å²) in [4.78, 5) is 0. The number of aryl methyl sites for hydroxylation is 1. The Bertz CT molecular complexity index is 442. The first-order valence-electron chi connectivity index (χ1n) is 6.83. The van der Waals surface area contributed by atoms with E-state index in [1.165, 1.54) is 24.0 Å². The third kappa shape index (κ3) is 2.02. The Balaban J connectivity index is 2.01. The zero-order valence-corrected chi connectivity index (χ0v) is 10.9. The topological polar surface area (TPSA) is 41.5 Å². The number of methoxy groups -OCH3 is 1. The van der Waals surface area contributed by atoms with Crippen LogP contribution in [0.15, 0.2) is 18.2 Å². The molecule has 18 heavy (non-hydrogen) atoms. The smallest absolute Gasteiger partial charge is 0.119 e. The fourth-order valence-corrected chi connectivity index (χ4v) is 3.04. The number of aliphatic hydroxyl groups is 1. The summed E-state index contributed by atoms with van der Waals surface area (Å²) in [6.07, 6.45) is 5.73. The van der Waals surface area contributed by atoms with Gasteiger partial charge in [-0.05, 0) is 55.4 Å². The third-order valence-electron chi connectivity index (χ3n) is 4.21. The predicted octanol–water partition coefficient (Wildman–Crippen LogP) is 1.97. The van der Waals surface area contributed by atoms with Crippen LogP contribution in [0.25, 0.3) is 0 Å². The summed E-state index contributed by atoms with van der Waals surface area (Å²) in [6.45, 7) is 0.170. The number of hydrogen-bond donors (Lipinski definition) is 2. The molecule has 1 aromatic rings. The van der Waals surface area contributed by atoms with Gasteiger partial charge in [0.05, 0.1) is 19.3 Å². The minimum absolute atomic E-state index is 0.170. The van der Waals surface area contributed by atoms with Crippen LogP contribution in [0.2, 0.25) is 0 Å². The fraction of sp³-hybridized carbons (Fsp3) is 0.600. The largest absolute Gasteiger partial charge is 0.497 e. The molecule has 0 saturated heterocycles. The van der Waals surface area contributed by atoms with Gasteiger partial charge in [-0.1, -0.05) is 6.07 Å². The quantitative estimate of drug-likeness (QED) is 0.854. The van der Waals surface area contributed by atoms with Crippen LogP contribution >= 0.6 is 0 Å². The van der Waals surface area contributed by atoms with Crippen molar-refractivity contribution in [2.45, 2.75) is 43.7 Å². The Labute approximate surface area is 108 Å². The Morgan fingerprint density at radius 2 is 2.28 bits per heavy atom. The van der Waals surface area contributed by atoms with Gasteiger partial charge in [0.2, 0.25) is 0 Å². The Kier molecular flexibility index (Phi) is 3.04. The molecule has 1 saturated carbocycles. The van der Waals surface area contributed by atoms with Gasteiger partial charge >= 0.3 is 0 Å². The van der Waals surface area contributed by atoms with Crippen molar-refractivity contribution in [3.05, 3.63) is 29.3 Å².